The summed E-state index contributed by atoms with van der Waals surface area (Å²) in [6, 6.07) is 8.89. The van der Waals surface area contributed by atoms with Gasteiger partial charge in [0.05, 0.1) is 17.1 Å². The molecule has 1 aromatic carbocycles. The predicted molar refractivity (Wildman–Crippen MR) is 102 cm³/mol. The van der Waals surface area contributed by atoms with E-state index in [0.717, 1.165) is 16.8 Å². The molecule has 0 aliphatic carbocycles. The van der Waals surface area contributed by atoms with Crippen LogP contribution in [0.15, 0.2) is 53.8 Å². The van der Waals surface area contributed by atoms with E-state index < -0.39 is 10.0 Å². The van der Waals surface area contributed by atoms with Crippen molar-refractivity contribution in [2.75, 3.05) is 13.2 Å². The normalized spacial score (nSPS) is 17.3. The van der Waals surface area contributed by atoms with Crippen LogP contribution in [0.4, 0.5) is 0 Å². The lowest BCUT2D eigenvalue weighted by molar-refractivity contribution is 0.174. The molecule has 28 heavy (non-hydrogen) atoms. The number of hydrogen-bond acceptors (Lipinski definition) is 6. The minimum atomic E-state index is -3.64. The van der Waals surface area contributed by atoms with Crippen molar-refractivity contribution >= 4 is 10.0 Å². The standard InChI is InChI=1S/C19H21N5O3S/c1-14-8-15(2)10-18(9-14)28(25,26)23-11-16-4-7-22-24(16)17(12-23)13-27-19-20-5-3-6-21-19/h3-10,17H,11-13H2,1-2H3. The number of aryl methyl sites for hydroxylation is 2. The number of fused-ring (bicyclic) bond motifs is 1. The third-order valence-corrected chi connectivity index (χ3v) is 6.42. The zero-order valence-corrected chi connectivity index (χ0v) is 16.5. The van der Waals surface area contributed by atoms with Crippen molar-refractivity contribution in [3.8, 4) is 6.01 Å². The van der Waals surface area contributed by atoms with Crippen LogP contribution in [-0.2, 0) is 16.6 Å². The molecule has 2 aromatic heterocycles. The quantitative estimate of drug-likeness (QED) is 0.653. The Balaban J connectivity index is 1.61. The molecule has 1 aliphatic heterocycles. The highest BCUT2D eigenvalue weighted by molar-refractivity contribution is 7.89. The van der Waals surface area contributed by atoms with Gasteiger partial charge >= 0.3 is 6.01 Å². The molecule has 0 saturated carbocycles. The van der Waals surface area contributed by atoms with Gasteiger partial charge in [0, 0.05) is 25.1 Å². The third kappa shape index (κ3) is 3.63. The van der Waals surface area contributed by atoms with E-state index in [4.69, 9.17) is 4.74 Å². The molecule has 8 nitrogen and oxygen atoms in total. The van der Waals surface area contributed by atoms with Gasteiger partial charge in [0.2, 0.25) is 10.0 Å². The second-order valence-corrected chi connectivity index (χ2v) is 8.82. The first-order valence-corrected chi connectivity index (χ1v) is 10.4. The van der Waals surface area contributed by atoms with E-state index in [2.05, 4.69) is 15.1 Å². The Labute approximate surface area is 163 Å². The van der Waals surface area contributed by atoms with Crippen molar-refractivity contribution in [2.45, 2.75) is 31.3 Å². The highest BCUT2D eigenvalue weighted by Gasteiger charge is 2.34. The third-order valence-electron chi connectivity index (χ3n) is 4.63. The van der Waals surface area contributed by atoms with Crippen LogP contribution in [0, 0.1) is 13.8 Å². The summed E-state index contributed by atoms with van der Waals surface area (Å²) < 4.78 is 35.5. The second kappa shape index (κ2) is 7.33. The molecule has 0 radical (unpaired) electrons. The summed E-state index contributed by atoms with van der Waals surface area (Å²) in [6.45, 7) is 4.55. The molecule has 9 heteroatoms. The number of benzene rings is 1. The number of hydrogen-bond donors (Lipinski definition) is 0. The average molecular weight is 399 g/mol. The van der Waals surface area contributed by atoms with Gasteiger partial charge in [0.1, 0.15) is 12.6 Å². The lowest BCUT2D eigenvalue weighted by Crippen LogP contribution is -2.43. The van der Waals surface area contributed by atoms with Crippen molar-refractivity contribution in [1.82, 2.24) is 24.1 Å². The molecular weight excluding hydrogens is 378 g/mol. The first-order chi connectivity index (χ1) is 13.4. The molecule has 3 aromatic rings. The van der Waals surface area contributed by atoms with Crippen molar-refractivity contribution in [2.24, 2.45) is 0 Å². The Hall–Kier alpha value is -2.78. The van der Waals surface area contributed by atoms with Crippen LogP contribution in [-0.4, -0.2) is 45.6 Å². The van der Waals surface area contributed by atoms with Crippen LogP contribution in [0.25, 0.3) is 0 Å². The summed E-state index contributed by atoms with van der Waals surface area (Å²) in [7, 11) is -3.64. The largest absolute Gasteiger partial charge is 0.461 e. The zero-order chi connectivity index (χ0) is 19.7. The SMILES string of the molecule is Cc1cc(C)cc(S(=O)(=O)N2Cc3ccnn3C(COc3ncccn3)C2)c1. The zero-order valence-electron chi connectivity index (χ0n) is 15.7. The van der Waals surface area contributed by atoms with E-state index in [1.807, 2.05) is 30.7 Å². The van der Waals surface area contributed by atoms with Crippen molar-refractivity contribution < 1.29 is 13.2 Å². The minimum absolute atomic E-state index is 0.220. The average Bonchev–Trinajstić information content (AvgIpc) is 3.15. The predicted octanol–water partition coefficient (Wildman–Crippen LogP) is 2.11. The fourth-order valence-corrected chi connectivity index (χ4v) is 5.06. The monoisotopic (exact) mass is 399 g/mol. The van der Waals surface area contributed by atoms with Gasteiger partial charge in [-0.05, 0) is 49.2 Å². The van der Waals surface area contributed by atoms with E-state index in [0.29, 0.717) is 4.90 Å². The van der Waals surface area contributed by atoms with Crippen LogP contribution in [0.3, 0.4) is 0 Å². The van der Waals surface area contributed by atoms with Crippen LogP contribution in [0.5, 0.6) is 6.01 Å². The molecule has 0 spiro atoms. The minimum Gasteiger partial charge on any atom is -0.461 e. The van der Waals surface area contributed by atoms with Gasteiger partial charge in [-0.3, -0.25) is 4.68 Å². The summed E-state index contributed by atoms with van der Waals surface area (Å²) in [6.07, 6.45) is 4.87. The van der Waals surface area contributed by atoms with Crippen molar-refractivity contribution in [3.05, 3.63) is 65.7 Å². The maximum Gasteiger partial charge on any atom is 0.316 e. The Morgan fingerprint density at radius 1 is 1.11 bits per heavy atom. The molecule has 3 heterocycles. The molecule has 1 aliphatic rings. The Morgan fingerprint density at radius 2 is 1.82 bits per heavy atom. The smallest absolute Gasteiger partial charge is 0.316 e. The Kier molecular flexibility index (Phi) is 4.86. The first kappa shape index (κ1) is 18.6. The number of nitrogens with zero attached hydrogens (tertiary/aromatic N) is 5. The van der Waals surface area contributed by atoms with Crippen LogP contribution in [0.2, 0.25) is 0 Å². The Bertz CT molecular complexity index is 1060. The first-order valence-electron chi connectivity index (χ1n) is 8.94. The fourth-order valence-electron chi connectivity index (χ4n) is 3.42. The molecule has 0 N–H and O–H groups in total. The molecule has 4 rings (SSSR count). The van der Waals surface area contributed by atoms with Crippen LogP contribution < -0.4 is 4.74 Å². The van der Waals surface area contributed by atoms with Crippen LogP contribution in [0.1, 0.15) is 22.9 Å². The second-order valence-electron chi connectivity index (χ2n) is 6.88. The summed E-state index contributed by atoms with van der Waals surface area (Å²) in [5, 5.41) is 4.34. The fraction of sp³-hybridized carbons (Fsp3) is 0.316. The maximum atomic E-state index is 13.3. The summed E-state index contributed by atoms with van der Waals surface area (Å²) in [5.41, 5.74) is 2.66. The summed E-state index contributed by atoms with van der Waals surface area (Å²) in [5.74, 6) is 0. The molecule has 0 saturated heterocycles. The van der Waals surface area contributed by atoms with Gasteiger partial charge in [-0.25, -0.2) is 18.4 Å². The van der Waals surface area contributed by atoms with Gasteiger partial charge < -0.3 is 4.74 Å². The molecule has 0 fully saturated rings. The molecule has 0 amide bonds. The highest BCUT2D eigenvalue weighted by Crippen LogP contribution is 2.27. The number of rotatable bonds is 5. The van der Waals surface area contributed by atoms with Gasteiger partial charge in [-0.1, -0.05) is 6.07 Å². The molecule has 1 atom stereocenters. The number of sulfonamides is 1. The molecular formula is C19H21N5O3S. The van der Waals surface area contributed by atoms with E-state index in [9.17, 15) is 8.42 Å². The van der Waals surface area contributed by atoms with E-state index >= 15 is 0 Å². The van der Waals surface area contributed by atoms with Crippen molar-refractivity contribution in [1.29, 1.82) is 0 Å². The van der Waals surface area contributed by atoms with E-state index in [-0.39, 0.29) is 31.7 Å². The number of aromatic nitrogens is 4. The lowest BCUT2D eigenvalue weighted by Gasteiger charge is -2.33. The van der Waals surface area contributed by atoms with Gasteiger partial charge in [-0.2, -0.15) is 9.40 Å². The molecule has 1 unspecified atom stereocenters. The summed E-state index contributed by atoms with van der Waals surface area (Å²) >= 11 is 0. The summed E-state index contributed by atoms with van der Waals surface area (Å²) in [4.78, 5) is 8.40. The lowest BCUT2D eigenvalue weighted by atomic mass is 10.2. The highest BCUT2D eigenvalue weighted by atomic mass is 32.2. The molecule has 146 valence electrons. The van der Waals surface area contributed by atoms with Crippen molar-refractivity contribution in [3.63, 3.8) is 0 Å². The maximum absolute atomic E-state index is 13.3. The van der Waals surface area contributed by atoms with E-state index in [1.165, 1.54) is 4.31 Å². The Morgan fingerprint density at radius 3 is 2.54 bits per heavy atom. The topological polar surface area (TPSA) is 90.2 Å². The van der Waals surface area contributed by atoms with E-state index in [1.54, 1.807) is 36.8 Å². The van der Waals surface area contributed by atoms with Gasteiger partial charge in [0.25, 0.3) is 0 Å². The molecule has 0 bridgehead atoms. The van der Waals surface area contributed by atoms with Gasteiger partial charge in [0.15, 0.2) is 0 Å². The van der Waals surface area contributed by atoms with Gasteiger partial charge in [-0.15, -0.1) is 0 Å². The number of ether oxygens (including phenoxy) is 1. The van der Waals surface area contributed by atoms with Crippen LogP contribution >= 0.6 is 0 Å².